The van der Waals surface area contributed by atoms with Gasteiger partial charge in [-0.25, -0.2) is 9.59 Å². The number of hydrogen-bond donors (Lipinski definition) is 2. The Hall–Kier alpha value is -1.51. The summed E-state index contributed by atoms with van der Waals surface area (Å²) in [7, 11) is 0. The van der Waals surface area contributed by atoms with Gasteiger partial charge in [0.05, 0.1) is 6.61 Å². The molecule has 0 aromatic rings. The minimum atomic E-state index is -5.08. The highest BCUT2D eigenvalue weighted by atomic mass is 19.4. The van der Waals surface area contributed by atoms with Crippen molar-refractivity contribution in [1.29, 1.82) is 0 Å². The maximum Gasteiger partial charge on any atom is 0.490 e. The molecule has 1 aliphatic rings. The van der Waals surface area contributed by atoms with Crippen LogP contribution >= 0.6 is 0 Å². The maximum absolute atomic E-state index is 10.8. The smallest absolute Gasteiger partial charge is 0.475 e. The highest BCUT2D eigenvalue weighted by Crippen LogP contribution is 2.16. The van der Waals surface area contributed by atoms with Gasteiger partial charge < -0.3 is 19.8 Å². The van der Waals surface area contributed by atoms with Gasteiger partial charge in [0.2, 0.25) is 0 Å². The first-order chi connectivity index (χ1) is 10.2. The second kappa shape index (κ2) is 10.3. The number of ether oxygens (including phenoxy) is 1. The number of amides is 1. The Bertz CT molecular complexity index is 349. The topological polar surface area (TPSA) is 87.1 Å². The normalized spacial score (nSPS) is 18.4. The number of piperidine rings is 1. The highest BCUT2D eigenvalue weighted by molar-refractivity contribution is 5.73. The molecule has 1 atom stereocenters. The van der Waals surface area contributed by atoms with Crippen LogP contribution in [0.25, 0.3) is 0 Å². The van der Waals surface area contributed by atoms with Crippen LogP contribution in [0, 0.1) is 5.92 Å². The van der Waals surface area contributed by atoms with E-state index in [0.29, 0.717) is 25.6 Å². The maximum atomic E-state index is 10.8. The van der Waals surface area contributed by atoms with E-state index in [1.807, 2.05) is 0 Å². The van der Waals surface area contributed by atoms with E-state index in [1.54, 1.807) is 0 Å². The van der Waals surface area contributed by atoms with Gasteiger partial charge in [-0.3, -0.25) is 0 Å². The van der Waals surface area contributed by atoms with Crippen LogP contribution in [0.5, 0.6) is 0 Å². The Kier molecular flexibility index (Phi) is 9.55. The highest BCUT2D eigenvalue weighted by Gasteiger charge is 2.38. The first-order valence-corrected chi connectivity index (χ1v) is 7.04. The van der Waals surface area contributed by atoms with Crippen molar-refractivity contribution in [3.8, 4) is 0 Å². The Morgan fingerprint density at radius 1 is 1.32 bits per heavy atom. The van der Waals surface area contributed by atoms with Crippen molar-refractivity contribution >= 4 is 12.1 Å². The summed E-state index contributed by atoms with van der Waals surface area (Å²) in [5, 5.41) is 16.0. The number of unbranched alkanes of at least 4 members (excludes halogenated alkanes) is 1. The molecular formula is C13H22F3NO5. The van der Waals surface area contributed by atoms with Crippen molar-refractivity contribution < 1.29 is 37.7 Å². The molecule has 1 rings (SSSR count). The minimum absolute atomic E-state index is 0.395. The van der Waals surface area contributed by atoms with Crippen molar-refractivity contribution in [1.82, 2.24) is 4.90 Å². The van der Waals surface area contributed by atoms with Gasteiger partial charge in [0.15, 0.2) is 0 Å². The molecule has 9 heteroatoms. The molecule has 22 heavy (non-hydrogen) atoms. The summed E-state index contributed by atoms with van der Waals surface area (Å²) in [5.74, 6) is -2.36. The number of carboxylic acids is 1. The Morgan fingerprint density at radius 3 is 2.36 bits per heavy atom. The molecule has 0 spiro atoms. The van der Waals surface area contributed by atoms with Gasteiger partial charge >= 0.3 is 18.2 Å². The van der Waals surface area contributed by atoms with E-state index in [4.69, 9.17) is 19.7 Å². The fourth-order valence-electron chi connectivity index (χ4n) is 1.87. The molecule has 1 heterocycles. The molecule has 0 aromatic heterocycles. The van der Waals surface area contributed by atoms with Crippen molar-refractivity contribution in [3.05, 3.63) is 0 Å². The molecule has 1 aliphatic heterocycles. The number of carboxylic acid groups (broad SMARTS) is 2. The third-order valence-corrected chi connectivity index (χ3v) is 3.03. The number of nitrogens with zero attached hydrogens (tertiary/aromatic N) is 1. The lowest BCUT2D eigenvalue weighted by molar-refractivity contribution is -0.192. The SMILES string of the molecule is CCCCOC[C@H]1CCCN(C(=O)O)C1.O=C(O)C(F)(F)F. The van der Waals surface area contributed by atoms with Crippen molar-refractivity contribution in [3.63, 3.8) is 0 Å². The number of aliphatic carboxylic acids is 1. The van der Waals surface area contributed by atoms with Crippen LogP contribution in [-0.2, 0) is 9.53 Å². The molecule has 6 nitrogen and oxygen atoms in total. The van der Waals surface area contributed by atoms with E-state index in [2.05, 4.69) is 6.92 Å². The van der Waals surface area contributed by atoms with Gasteiger partial charge in [-0.2, -0.15) is 13.2 Å². The summed E-state index contributed by atoms with van der Waals surface area (Å²) in [6, 6.07) is 0. The lowest BCUT2D eigenvalue weighted by Crippen LogP contribution is -2.40. The zero-order valence-electron chi connectivity index (χ0n) is 12.4. The number of alkyl halides is 3. The predicted octanol–water partition coefficient (Wildman–Crippen LogP) is 2.83. The molecule has 0 saturated carbocycles. The predicted molar refractivity (Wildman–Crippen MR) is 71.7 cm³/mol. The van der Waals surface area contributed by atoms with Crippen LogP contribution in [-0.4, -0.2) is 59.7 Å². The zero-order chi connectivity index (χ0) is 17.2. The number of hydrogen-bond acceptors (Lipinski definition) is 3. The fraction of sp³-hybridized carbons (Fsp3) is 0.846. The Balaban J connectivity index is 0.000000534. The van der Waals surface area contributed by atoms with E-state index in [-0.39, 0.29) is 0 Å². The molecule has 1 amide bonds. The van der Waals surface area contributed by atoms with Crippen LogP contribution < -0.4 is 0 Å². The lowest BCUT2D eigenvalue weighted by atomic mass is 9.99. The number of rotatable bonds is 5. The fourth-order valence-corrected chi connectivity index (χ4v) is 1.87. The summed E-state index contributed by atoms with van der Waals surface area (Å²) in [5.41, 5.74) is 0. The van der Waals surface area contributed by atoms with E-state index in [0.717, 1.165) is 32.3 Å². The van der Waals surface area contributed by atoms with Gasteiger partial charge in [0.25, 0.3) is 0 Å². The first-order valence-electron chi connectivity index (χ1n) is 7.04. The van der Waals surface area contributed by atoms with E-state index in [1.165, 1.54) is 4.90 Å². The molecule has 0 radical (unpaired) electrons. The largest absolute Gasteiger partial charge is 0.490 e. The molecule has 0 bridgehead atoms. The average molecular weight is 329 g/mol. The van der Waals surface area contributed by atoms with Gasteiger partial charge in [0.1, 0.15) is 0 Å². The summed E-state index contributed by atoms with van der Waals surface area (Å²) < 4.78 is 37.3. The molecule has 0 aromatic carbocycles. The van der Waals surface area contributed by atoms with E-state index < -0.39 is 18.2 Å². The van der Waals surface area contributed by atoms with Gasteiger partial charge in [-0.1, -0.05) is 13.3 Å². The second-order valence-corrected chi connectivity index (χ2v) is 4.97. The van der Waals surface area contributed by atoms with Crippen LogP contribution in [0.1, 0.15) is 32.6 Å². The average Bonchev–Trinajstić information content (AvgIpc) is 2.43. The van der Waals surface area contributed by atoms with Gasteiger partial charge in [-0.15, -0.1) is 0 Å². The van der Waals surface area contributed by atoms with Crippen molar-refractivity contribution in [2.24, 2.45) is 5.92 Å². The minimum Gasteiger partial charge on any atom is -0.475 e. The Morgan fingerprint density at radius 2 is 1.91 bits per heavy atom. The monoisotopic (exact) mass is 329 g/mol. The molecule has 2 N–H and O–H groups in total. The van der Waals surface area contributed by atoms with Crippen LogP contribution in [0.3, 0.4) is 0 Å². The Labute approximate surface area is 126 Å². The molecule has 1 saturated heterocycles. The molecule has 0 aliphatic carbocycles. The summed E-state index contributed by atoms with van der Waals surface area (Å²) >= 11 is 0. The second-order valence-electron chi connectivity index (χ2n) is 4.97. The molecular weight excluding hydrogens is 307 g/mol. The first kappa shape index (κ1) is 20.5. The van der Waals surface area contributed by atoms with Crippen molar-refractivity contribution in [2.75, 3.05) is 26.3 Å². The van der Waals surface area contributed by atoms with E-state index in [9.17, 15) is 18.0 Å². The molecule has 0 unspecified atom stereocenters. The summed E-state index contributed by atoms with van der Waals surface area (Å²) in [6.07, 6.45) is -1.58. The summed E-state index contributed by atoms with van der Waals surface area (Å²) in [6.45, 7) is 4.97. The van der Waals surface area contributed by atoms with Gasteiger partial charge in [0, 0.05) is 25.6 Å². The lowest BCUT2D eigenvalue weighted by Gasteiger charge is -2.30. The quantitative estimate of drug-likeness (QED) is 0.757. The van der Waals surface area contributed by atoms with Gasteiger partial charge in [-0.05, 0) is 19.3 Å². The molecule has 1 fully saturated rings. The van der Waals surface area contributed by atoms with Crippen LogP contribution in [0.2, 0.25) is 0 Å². The van der Waals surface area contributed by atoms with Crippen LogP contribution in [0.15, 0.2) is 0 Å². The number of carbonyl (C=O) groups is 2. The standard InChI is InChI=1S/C11H21NO3.C2HF3O2/c1-2-3-7-15-9-10-5-4-6-12(8-10)11(13)14;3-2(4,5)1(6)7/h10H,2-9H2,1H3,(H,13,14);(H,6,7)/t10-;/m0./s1. The molecule has 130 valence electrons. The van der Waals surface area contributed by atoms with E-state index >= 15 is 0 Å². The third-order valence-electron chi connectivity index (χ3n) is 3.03. The third kappa shape index (κ3) is 9.43. The number of halogens is 3. The van der Waals surface area contributed by atoms with Crippen molar-refractivity contribution in [2.45, 2.75) is 38.8 Å². The zero-order valence-corrected chi connectivity index (χ0v) is 12.4. The summed E-state index contributed by atoms with van der Waals surface area (Å²) in [4.78, 5) is 21.2. The van der Waals surface area contributed by atoms with Crippen LogP contribution in [0.4, 0.5) is 18.0 Å². The number of likely N-dealkylation sites (tertiary alicyclic amines) is 1.